The molecule has 3 nitrogen and oxygen atoms in total. The van der Waals surface area contributed by atoms with Crippen LogP contribution in [0.25, 0.3) is 10.8 Å². The fraction of sp³-hybridized carbons (Fsp3) is 0.143. The number of aromatic nitrogens is 1. The average molecular weight is 309 g/mol. The van der Waals surface area contributed by atoms with Gasteiger partial charge in [-0.15, -0.1) is 0 Å². The number of nitrogens with one attached hydrogen (secondary N) is 1. The molecular weight excluding hydrogens is 294 g/mol. The highest BCUT2D eigenvalue weighted by atomic mass is 15.0. The van der Waals surface area contributed by atoms with Gasteiger partial charge >= 0.3 is 0 Å². The number of fused-ring (bicyclic) bond motifs is 1. The molecule has 7 rings (SSSR count). The van der Waals surface area contributed by atoms with Gasteiger partial charge in [-0.3, -0.25) is 4.98 Å². The molecule has 1 aliphatic heterocycles. The predicted molar refractivity (Wildman–Crippen MR) is 95.4 cm³/mol. The van der Waals surface area contributed by atoms with Crippen LogP contribution in [0.1, 0.15) is 34.1 Å². The molecule has 0 amide bonds. The number of aliphatic imine (C=N–C) groups is 1. The van der Waals surface area contributed by atoms with E-state index in [4.69, 9.17) is 4.99 Å². The first-order valence-corrected chi connectivity index (χ1v) is 8.37. The molecule has 3 heteroatoms. The fourth-order valence-corrected chi connectivity index (χ4v) is 4.66. The Balaban J connectivity index is 1.73. The molecular formula is C21H15N3. The number of pyridine rings is 1. The number of hydrogen-bond donors (Lipinski definition) is 1. The first-order chi connectivity index (χ1) is 11.9. The Bertz CT molecular complexity index is 1080. The van der Waals surface area contributed by atoms with E-state index < -0.39 is 0 Å². The standard InChI is InChI=1S/C21H15N3/c1-2-4-13-8-16-15(7-12(13)3-1)19-14-5-6-22-9-17(14)20(16)21-18(19)10-23-11-24-21/h1-9,11,19-20H,10H2,(H,23,24). The molecule has 1 aromatic heterocycles. The van der Waals surface area contributed by atoms with E-state index in [0.717, 1.165) is 6.54 Å². The van der Waals surface area contributed by atoms with E-state index >= 15 is 0 Å². The molecule has 0 saturated heterocycles. The van der Waals surface area contributed by atoms with Crippen molar-refractivity contribution in [2.24, 2.45) is 4.99 Å². The highest BCUT2D eigenvalue weighted by Crippen LogP contribution is 2.56. The summed E-state index contributed by atoms with van der Waals surface area (Å²) in [6.45, 7) is 0.883. The Morgan fingerprint density at radius 3 is 2.50 bits per heavy atom. The second-order valence-corrected chi connectivity index (χ2v) is 6.75. The van der Waals surface area contributed by atoms with Gasteiger partial charge in [-0.05, 0) is 56.8 Å². The summed E-state index contributed by atoms with van der Waals surface area (Å²) in [6, 6.07) is 15.6. The van der Waals surface area contributed by atoms with Gasteiger partial charge in [0.05, 0.1) is 18.0 Å². The van der Waals surface area contributed by atoms with Gasteiger partial charge in [0.25, 0.3) is 0 Å². The van der Waals surface area contributed by atoms with Gasteiger partial charge in [0.1, 0.15) is 0 Å². The molecule has 24 heavy (non-hydrogen) atoms. The van der Waals surface area contributed by atoms with Crippen molar-refractivity contribution in [1.29, 1.82) is 0 Å². The Morgan fingerprint density at radius 2 is 1.67 bits per heavy atom. The molecule has 1 N–H and O–H groups in total. The molecule has 0 fully saturated rings. The zero-order chi connectivity index (χ0) is 15.7. The molecule has 0 radical (unpaired) electrons. The summed E-state index contributed by atoms with van der Waals surface area (Å²) in [6.07, 6.45) is 5.79. The van der Waals surface area contributed by atoms with E-state index in [1.807, 2.05) is 18.7 Å². The Morgan fingerprint density at radius 1 is 0.875 bits per heavy atom. The van der Waals surface area contributed by atoms with E-state index in [2.05, 4.69) is 52.8 Å². The normalized spacial score (nSPS) is 22.8. The van der Waals surface area contributed by atoms with Crippen LogP contribution in [0.3, 0.4) is 0 Å². The first-order valence-electron chi connectivity index (χ1n) is 8.37. The van der Waals surface area contributed by atoms with Gasteiger partial charge in [0.15, 0.2) is 0 Å². The molecule has 2 aromatic carbocycles. The number of nitrogens with zero attached hydrogens (tertiary/aromatic N) is 2. The Kier molecular flexibility index (Phi) is 2.25. The second kappa shape index (κ2) is 4.32. The van der Waals surface area contributed by atoms with E-state index in [-0.39, 0.29) is 5.92 Å². The lowest BCUT2D eigenvalue weighted by molar-refractivity contribution is 0.680. The van der Waals surface area contributed by atoms with Gasteiger partial charge < -0.3 is 5.32 Å². The van der Waals surface area contributed by atoms with Crippen molar-refractivity contribution in [1.82, 2.24) is 10.3 Å². The summed E-state index contributed by atoms with van der Waals surface area (Å²) in [7, 11) is 0. The zero-order valence-corrected chi connectivity index (χ0v) is 13.0. The van der Waals surface area contributed by atoms with Crippen LogP contribution in [-0.4, -0.2) is 17.9 Å². The summed E-state index contributed by atoms with van der Waals surface area (Å²) in [5, 5.41) is 5.92. The SMILES string of the molecule is C1=NC2=C(CN1)C1c3ccncc3C2c2cc3ccccc3cc21. The molecule has 3 aromatic rings. The van der Waals surface area contributed by atoms with Gasteiger partial charge in [0.2, 0.25) is 0 Å². The minimum Gasteiger partial charge on any atom is -0.372 e. The molecule has 0 spiro atoms. The van der Waals surface area contributed by atoms with Gasteiger partial charge in [0, 0.05) is 24.9 Å². The number of allylic oxidation sites excluding steroid dienone is 1. The van der Waals surface area contributed by atoms with Crippen molar-refractivity contribution in [2.75, 3.05) is 6.54 Å². The van der Waals surface area contributed by atoms with Crippen LogP contribution in [-0.2, 0) is 0 Å². The third kappa shape index (κ3) is 1.42. The van der Waals surface area contributed by atoms with E-state index in [1.54, 1.807) is 0 Å². The zero-order valence-electron chi connectivity index (χ0n) is 13.0. The maximum Gasteiger partial charge on any atom is 0.0885 e. The summed E-state index contributed by atoms with van der Waals surface area (Å²) in [5.41, 5.74) is 8.21. The fourth-order valence-electron chi connectivity index (χ4n) is 4.66. The molecule has 2 bridgehead atoms. The van der Waals surface area contributed by atoms with Crippen LogP contribution in [0, 0.1) is 0 Å². The highest BCUT2D eigenvalue weighted by Gasteiger charge is 2.43. The second-order valence-electron chi connectivity index (χ2n) is 6.75. The quantitative estimate of drug-likeness (QED) is 0.687. The molecule has 0 saturated carbocycles. The maximum absolute atomic E-state index is 4.73. The van der Waals surface area contributed by atoms with Crippen LogP contribution in [0.2, 0.25) is 0 Å². The summed E-state index contributed by atoms with van der Waals surface area (Å²) >= 11 is 0. The Labute approximate surface area is 139 Å². The van der Waals surface area contributed by atoms with Crippen LogP contribution >= 0.6 is 0 Å². The van der Waals surface area contributed by atoms with Gasteiger partial charge in [-0.25, -0.2) is 4.99 Å². The van der Waals surface area contributed by atoms with Crippen LogP contribution in [0.5, 0.6) is 0 Å². The molecule has 2 unspecified atom stereocenters. The average Bonchev–Trinajstić information content (AvgIpc) is 2.66. The molecule has 2 heterocycles. The minimum absolute atomic E-state index is 0.214. The first kappa shape index (κ1) is 12.5. The topological polar surface area (TPSA) is 37.3 Å². The van der Waals surface area contributed by atoms with Crippen molar-refractivity contribution >= 4 is 17.1 Å². The van der Waals surface area contributed by atoms with Gasteiger partial charge in [-0.1, -0.05) is 24.3 Å². The van der Waals surface area contributed by atoms with Crippen LogP contribution < -0.4 is 5.32 Å². The van der Waals surface area contributed by atoms with Crippen molar-refractivity contribution < 1.29 is 0 Å². The van der Waals surface area contributed by atoms with Crippen LogP contribution in [0.4, 0.5) is 0 Å². The van der Waals surface area contributed by atoms with E-state index in [0.29, 0.717) is 5.92 Å². The van der Waals surface area contributed by atoms with E-state index in [9.17, 15) is 0 Å². The minimum atomic E-state index is 0.214. The number of rotatable bonds is 0. The molecule has 3 aliphatic carbocycles. The van der Waals surface area contributed by atoms with Crippen molar-refractivity contribution in [3.63, 3.8) is 0 Å². The monoisotopic (exact) mass is 309 g/mol. The Hall–Kier alpha value is -2.94. The van der Waals surface area contributed by atoms with Gasteiger partial charge in [-0.2, -0.15) is 0 Å². The summed E-state index contributed by atoms with van der Waals surface area (Å²) in [4.78, 5) is 9.13. The number of benzene rings is 2. The lowest BCUT2D eigenvalue weighted by Crippen LogP contribution is -2.34. The molecule has 4 aliphatic rings. The maximum atomic E-state index is 4.73. The van der Waals surface area contributed by atoms with E-state index in [1.165, 1.54) is 44.3 Å². The summed E-state index contributed by atoms with van der Waals surface area (Å²) < 4.78 is 0. The van der Waals surface area contributed by atoms with Crippen molar-refractivity contribution in [2.45, 2.75) is 11.8 Å². The van der Waals surface area contributed by atoms with Crippen LogP contribution in [0.15, 0.2) is 71.1 Å². The largest absolute Gasteiger partial charge is 0.372 e. The van der Waals surface area contributed by atoms with Crippen molar-refractivity contribution in [3.8, 4) is 0 Å². The summed E-state index contributed by atoms with van der Waals surface area (Å²) in [5.74, 6) is 0.513. The lowest BCUT2D eigenvalue weighted by Gasteiger charge is -2.43. The molecule has 2 atom stereocenters. The van der Waals surface area contributed by atoms with Crippen molar-refractivity contribution in [3.05, 3.63) is 88.4 Å². The number of hydrogen-bond acceptors (Lipinski definition) is 3. The highest BCUT2D eigenvalue weighted by molar-refractivity contribution is 5.86. The predicted octanol–water partition coefficient (Wildman–Crippen LogP) is 3.71. The lowest BCUT2D eigenvalue weighted by atomic mass is 9.63. The smallest absolute Gasteiger partial charge is 0.0885 e. The molecule has 114 valence electrons. The third-order valence-electron chi connectivity index (χ3n) is 5.62. The third-order valence-corrected chi connectivity index (χ3v) is 5.62.